The van der Waals surface area contributed by atoms with Gasteiger partial charge < -0.3 is 14.5 Å². The minimum Gasteiger partial charge on any atom is -0.368 e. The minimum atomic E-state index is -0.229. The average molecular weight is 278 g/mol. The second-order valence-corrected chi connectivity index (χ2v) is 5.29. The molecule has 0 unspecified atom stereocenters. The summed E-state index contributed by atoms with van der Waals surface area (Å²) in [6.45, 7) is 3.67. The number of hydrogen-bond acceptors (Lipinski definition) is 3. The second-order valence-electron chi connectivity index (χ2n) is 5.29. The van der Waals surface area contributed by atoms with E-state index < -0.39 is 0 Å². The normalized spacial score (nSPS) is 23.1. The molecular formula is C15H19FN2O2. The Hall–Kier alpha value is -1.62. The molecule has 1 atom stereocenters. The van der Waals surface area contributed by atoms with E-state index in [4.69, 9.17) is 4.74 Å². The number of benzene rings is 1. The predicted molar refractivity (Wildman–Crippen MR) is 74.2 cm³/mol. The molecule has 0 saturated carbocycles. The third kappa shape index (κ3) is 2.77. The van der Waals surface area contributed by atoms with Gasteiger partial charge in [0.15, 0.2) is 0 Å². The maximum absolute atomic E-state index is 12.9. The quantitative estimate of drug-likeness (QED) is 0.824. The van der Waals surface area contributed by atoms with Crippen LogP contribution >= 0.6 is 0 Å². The van der Waals surface area contributed by atoms with Crippen molar-refractivity contribution in [3.8, 4) is 0 Å². The molecule has 0 N–H and O–H groups in total. The molecular weight excluding hydrogens is 259 g/mol. The number of piperazine rings is 1. The van der Waals surface area contributed by atoms with E-state index in [0.717, 1.165) is 31.6 Å². The van der Waals surface area contributed by atoms with Crippen LogP contribution < -0.4 is 4.90 Å². The smallest absolute Gasteiger partial charge is 0.251 e. The number of rotatable bonds is 2. The fraction of sp³-hybridized carbons (Fsp3) is 0.533. The van der Waals surface area contributed by atoms with Crippen LogP contribution in [0.5, 0.6) is 0 Å². The van der Waals surface area contributed by atoms with Gasteiger partial charge in [0.05, 0.1) is 0 Å². The molecule has 4 nitrogen and oxygen atoms in total. The number of halogens is 1. The number of carbonyl (C=O) groups excluding carboxylic acids is 1. The Bertz CT molecular complexity index is 463. The molecule has 0 aliphatic carbocycles. The lowest BCUT2D eigenvalue weighted by Gasteiger charge is -2.37. The van der Waals surface area contributed by atoms with E-state index in [1.165, 1.54) is 12.1 Å². The third-order valence-electron chi connectivity index (χ3n) is 3.99. The van der Waals surface area contributed by atoms with Gasteiger partial charge in [-0.05, 0) is 37.1 Å². The standard InChI is InChI=1S/C15H19FN2O2/c16-12-3-5-13(6-4-12)17-7-9-18(10-8-17)15(19)14-2-1-11-20-14/h3-6,14H,1-2,7-11H2/t14-/m0/s1. The fourth-order valence-electron chi connectivity index (χ4n) is 2.81. The lowest BCUT2D eigenvalue weighted by atomic mass is 10.2. The van der Waals surface area contributed by atoms with E-state index in [0.29, 0.717) is 19.7 Å². The molecule has 0 aromatic heterocycles. The first kappa shape index (κ1) is 13.4. The Morgan fingerprint density at radius 3 is 2.45 bits per heavy atom. The zero-order valence-electron chi connectivity index (χ0n) is 11.4. The number of carbonyl (C=O) groups is 1. The maximum atomic E-state index is 12.9. The monoisotopic (exact) mass is 278 g/mol. The fourth-order valence-corrected chi connectivity index (χ4v) is 2.81. The number of anilines is 1. The molecule has 2 fully saturated rings. The minimum absolute atomic E-state index is 0.126. The van der Waals surface area contributed by atoms with Crippen molar-refractivity contribution in [2.75, 3.05) is 37.7 Å². The number of amides is 1. The van der Waals surface area contributed by atoms with Gasteiger partial charge in [-0.25, -0.2) is 4.39 Å². The highest BCUT2D eigenvalue weighted by atomic mass is 19.1. The highest BCUT2D eigenvalue weighted by Crippen LogP contribution is 2.19. The SMILES string of the molecule is O=C([C@@H]1CCCO1)N1CCN(c2ccc(F)cc2)CC1. The molecule has 0 spiro atoms. The molecule has 0 bridgehead atoms. The van der Waals surface area contributed by atoms with Crippen LogP contribution in [-0.2, 0) is 9.53 Å². The van der Waals surface area contributed by atoms with Gasteiger partial charge in [-0.3, -0.25) is 4.79 Å². The van der Waals surface area contributed by atoms with Crippen molar-refractivity contribution in [3.63, 3.8) is 0 Å². The van der Waals surface area contributed by atoms with Crippen molar-refractivity contribution in [3.05, 3.63) is 30.1 Å². The largest absolute Gasteiger partial charge is 0.368 e. The summed E-state index contributed by atoms with van der Waals surface area (Å²) in [6, 6.07) is 6.51. The van der Waals surface area contributed by atoms with Gasteiger partial charge in [-0.15, -0.1) is 0 Å². The zero-order chi connectivity index (χ0) is 13.9. The third-order valence-corrected chi connectivity index (χ3v) is 3.99. The first-order chi connectivity index (χ1) is 9.74. The molecule has 2 saturated heterocycles. The summed E-state index contributed by atoms with van der Waals surface area (Å²) < 4.78 is 18.4. The van der Waals surface area contributed by atoms with Gasteiger partial charge in [0, 0.05) is 38.5 Å². The van der Waals surface area contributed by atoms with E-state index in [1.54, 1.807) is 12.1 Å². The molecule has 0 radical (unpaired) electrons. The molecule has 1 aromatic carbocycles. The zero-order valence-corrected chi connectivity index (χ0v) is 11.4. The van der Waals surface area contributed by atoms with Gasteiger partial charge in [0.2, 0.25) is 0 Å². The van der Waals surface area contributed by atoms with Crippen molar-refractivity contribution in [1.82, 2.24) is 4.90 Å². The van der Waals surface area contributed by atoms with E-state index in [-0.39, 0.29) is 17.8 Å². The van der Waals surface area contributed by atoms with E-state index in [9.17, 15) is 9.18 Å². The Kier molecular flexibility index (Phi) is 3.87. The summed E-state index contributed by atoms with van der Waals surface area (Å²) in [5.41, 5.74) is 1.01. The summed E-state index contributed by atoms with van der Waals surface area (Å²) in [5, 5.41) is 0. The molecule has 108 valence electrons. The van der Waals surface area contributed by atoms with Crippen LogP contribution in [0.2, 0.25) is 0 Å². The van der Waals surface area contributed by atoms with Crippen molar-refractivity contribution in [2.24, 2.45) is 0 Å². The van der Waals surface area contributed by atoms with Crippen molar-refractivity contribution < 1.29 is 13.9 Å². The van der Waals surface area contributed by atoms with Crippen molar-refractivity contribution in [2.45, 2.75) is 18.9 Å². The van der Waals surface area contributed by atoms with Crippen molar-refractivity contribution >= 4 is 11.6 Å². The van der Waals surface area contributed by atoms with E-state index in [1.807, 2.05) is 4.90 Å². The topological polar surface area (TPSA) is 32.8 Å². The Morgan fingerprint density at radius 2 is 1.85 bits per heavy atom. The van der Waals surface area contributed by atoms with Crippen LogP contribution in [0, 0.1) is 5.82 Å². The Labute approximate surface area is 118 Å². The average Bonchev–Trinajstić information content (AvgIpc) is 3.02. The molecule has 5 heteroatoms. The van der Waals surface area contributed by atoms with Crippen molar-refractivity contribution in [1.29, 1.82) is 0 Å². The molecule has 20 heavy (non-hydrogen) atoms. The maximum Gasteiger partial charge on any atom is 0.251 e. The van der Waals surface area contributed by atoms with E-state index in [2.05, 4.69) is 4.90 Å². The molecule has 2 aliphatic heterocycles. The summed E-state index contributed by atoms with van der Waals surface area (Å²) in [6.07, 6.45) is 1.59. The predicted octanol–water partition coefficient (Wildman–Crippen LogP) is 1.65. The number of ether oxygens (including phenoxy) is 1. The summed E-state index contributed by atoms with van der Waals surface area (Å²) in [5.74, 6) is -0.0952. The van der Waals surface area contributed by atoms with E-state index >= 15 is 0 Å². The lowest BCUT2D eigenvalue weighted by molar-refractivity contribution is -0.141. The lowest BCUT2D eigenvalue weighted by Crippen LogP contribution is -2.51. The van der Waals surface area contributed by atoms with Gasteiger partial charge in [-0.1, -0.05) is 0 Å². The molecule has 2 heterocycles. The van der Waals surface area contributed by atoms with Crippen LogP contribution in [0.15, 0.2) is 24.3 Å². The Morgan fingerprint density at radius 1 is 1.15 bits per heavy atom. The second kappa shape index (κ2) is 5.79. The Balaban J connectivity index is 1.56. The summed E-state index contributed by atoms with van der Waals surface area (Å²) in [7, 11) is 0. The molecule has 1 amide bonds. The summed E-state index contributed by atoms with van der Waals surface area (Å²) >= 11 is 0. The molecule has 1 aromatic rings. The van der Waals surface area contributed by atoms with Gasteiger partial charge in [-0.2, -0.15) is 0 Å². The highest BCUT2D eigenvalue weighted by molar-refractivity contribution is 5.81. The van der Waals surface area contributed by atoms with Crippen LogP contribution in [0.4, 0.5) is 10.1 Å². The first-order valence-corrected chi connectivity index (χ1v) is 7.15. The number of nitrogens with zero attached hydrogens (tertiary/aromatic N) is 2. The summed E-state index contributed by atoms with van der Waals surface area (Å²) in [4.78, 5) is 16.3. The van der Waals surface area contributed by atoms with Gasteiger partial charge in [0.1, 0.15) is 11.9 Å². The highest BCUT2D eigenvalue weighted by Gasteiger charge is 2.30. The molecule has 2 aliphatic rings. The van der Waals surface area contributed by atoms with Crippen LogP contribution in [0.3, 0.4) is 0 Å². The molecule has 3 rings (SSSR count). The number of hydrogen-bond donors (Lipinski definition) is 0. The first-order valence-electron chi connectivity index (χ1n) is 7.15. The van der Waals surface area contributed by atoms with Crippen LogP contribution in [0.1, 0.15) is 12.8 Å². The van der Waals surface area contributed by atoms with Gasteiger partial charge in [0.25, 0.3) is 5.91 Å². The van der Waals surface area contributed by atoms with Crippen LogP contribution in [0.25, 0.3) is 0 Å². The van der Waals surface area contributed by atoms with Crippen LogP contribution in [-0.4, -0.2) is 49.7 Å². The van der Waals surface area contributed by atoms with Gasteiger partial charge >= 0.3 is 0 Å².